The van der Waals surface area contributed by atoms with Crippen molar-refractivity contribution in [1.82, 2.24) is 10.2 Å². The molecule has 2 fully saturated rings. The van der Waals surface area contributed by atoms with E-state index >= 15 is 0 Å². The van der Waals surface area contributed by atoms with Crippen LogP contribution in [-0.2, 0) is 0 Å². The first kappa shape index (κ1) is 15.5. The van der Waals surface area contributed by atoms with Gasteiger partial charge in [0.2, 0.25) is 0 Å². The summed E-state index contributed by atoms with van der Waals surface area (Å²) in [6.45, 7) is 3.93. The molecule has 1 amide bonds. The quantitative estimate of drug-likeness (QED) is 0.915. The number of fused-ring (bicyclic) bond motifs is 1. The summed E-state index contributed by atoms with van der Waals surface area (Å²) in [6.07, 6.45) is 0. The molecule has 2 aliphatic heterocycles. The van der Waals surface area contributed by atoms with Crippen LogP contribution >= 0.6 is 23.7 Å². The number of thiophene rings is 1. The smallest absolute Gasteiger partial charge is 0.264 e. The number of benzene rings is 1. The summed E-state index contributed by atoms with van der Waals surface area (Å²) in [5.41, 5.74) is 2.20. The fourth-order valence-electron chi connectivity index (χ4n) is 3.48. The van der Waals surface area contributed by atoms with Gasteiger partial charge in [-0.2, -0.15) is 0 Å². The number of carbonyl (C=O) groups excluding carboxylic acids is 1. The highest BCUT2D eigenvalue weighted by Gasteiger charge is 2.38. The van der Waals surface area contributed by atoms with Crippen molar-refractivity contribution in [2.45, 2.75) is 0 Å². The molecule has 1 aromatic carbocycles. The SMILES string of the molecule is Cl.O=C(c1sccc1-c1ccccc1)N1C[C@H]2CNC[C@H]2C1. The summed E-state index contributed by atoms with van der Waals surface area (Å²) in [6, 6.07) is 12.3. The molecule has 0 saturated carbocycles. The molecular weight excluding hydrogens is 316 g/mol. The Labute approximate surface area is 140 Å². The monoisotopic (exact) mass is 334 g/mol. The summed E-state index contributed by atoms with van der Waals surface area (Å²) in [5.74, 6) is 1.50. The van der Waals surface area contributed by atoms with Crippen LogP contribution in [-0.4, -0.2) is 37.0 Å². The highest BCUT2D eigenvalue weighted by molar-refractivity contribution is 7.12. The molecule has 0 unspecified atom stereocenters. The maximum absolute atomic E-state index is 12.8. The molecule has 0 aliphatic carbocycles. The van der Waals surface area contributed by atoms with E-state index < -0.39 is 0 Å². The van der Waals surface area contributed by atoms with Gasteiger partial charge in [0, 0.05) is 31.7 Å². The first-order chi connectivity index (χ1) is 10.3. The van der Waals surface area contributed by atoms with Crippen molar-refractivity contribution in [1.29, 1.82) is 0 Å². The van der Waals surface area contributed by atoms with Crippen LogP contribution in [0.1, 0.15) is 9.67 Å². The number of hydrogen-bond donors (Lipinski definition) is 1. The summed E-state index contributed by atoms with van der Waals surface area (Å²) >= 11 is 1.56. The van der Waals surface area contributed by atoms with Gasteiger partial charge in [0.25, 0.3) is 5.91 Å². The minimum absolute atomic E-state index is 0. The molecule has 0 bridgehead atoms. The van der Waals surface area contributed by atoms with Gasteiger partial charge in [-0.3, -0.25) is 4.79 Å². The molecule has 2 aliphatic rings. The maximum Gasteiger partial charge on any atom is 0.264 e. The Morgan fingerprint density at radius 1 is 1.09 bits per heavy atom. The Bertz CT molecular complexity index is 646. The lowest BCUT2D eigenvalue weighted by Crippen LogP contribution is -2.31. The molecule has 2 saturated heterocycles. The number of nitrogens with zero attached hydrogens (tertiary/aromatic N) is 1. The van der Waals surface area contributed by atoms with E-state index in [1.807, 2.05) is 23.6 Å². The Morgan fingerprint density at radius 2 is 1.77 bits per heavy atom. The fourth-order valence-corrected chi connectivity index (χ4v) is 4.37. The first-order valence-electron chi connectivity index (χ1n) is 7.46. The fraction of sp³-hybridized carbons (Fsp3) is 0.353. The van der Waals surface area contributed by atoms with Crippen molar-refractivity contribution < 1.29 is 4.79 Å². The van der Waals surface area contributed by atoms with E-state index in [-0.39, 0.29) is 18.3 Å². The molecule has 22 heavy (non-hydrogen) atoms. The second-order valence-corrected chi connectivity index (χ2v) is 6.83. The van der Waals surface area contributed by atoms with Gasteiger partial charge in [0.15, 0.2) is 0 Å². The lowest BCUT2D eigenvalue weighted by molar-refractivity contribution is 0.0787. The third-order valence-electron chi connectivity index (χ3n) is 4.62. The van der Waals surface area contributed by atoms with E-state index in [4.69, 9.17) is 0 Å². The van der Waals surface area contributed by atoms with Crippen molar-refractivity contribution >= 4 is 29.7 Å². The Hall–Kier alpha value is -1.36. The van der Waals surface area contributed by atoms with Crippen LogP contribution in [0.25, 0.3) is 11.1 Å². The predicted molar refractivity (Wildman–Crippen MR) is 92.8 cm³/mol. The topological polar surface area (TPSA) is 32.3 Å². The molecule has 2 aromatic rings. The Morgan fingerprint density at radius 3 is 2.45 bits per heavy atom. The van der Waals surface area contributed by atoms with Crippen LogP contribution in [0, 0.1) is 11.8 Å². The van der Waals surface area contributed by atoms with Gasteiger partial charge in [-0.05, 0) is 28.8 Å². The Balaban J connectivity index is 0.00000144. The third-order valence-corrected chi connectivity index (χ3v) is 5.52. The maximum atomic E-state index is 12.8. The summed E-state index contributed by atoms with van der Waals surface area (Å²) in [4.78, 5) is 15.8. The molecule has 0 spiro atoms. The van der Waals surface area contributed by atoms with E-state index in [0.29, 0.717) is 11.8 Å². The highest BCUT2D eigenvalue weighted by atomic mass is 35.5. The van der Waals surface area contributed by atoms with Crippen LogP contribution in [0.3, 0.4) is 0 Å². The van der Waals surface area contributed by atoms with Crippen LogP contribution in [0.2, 0.25) is 0 Å². The van der Waals surface area contributed by atoms with Gasteiger partial charge < -0.3 is 10.2 Å². The molecule has 1 aromatic heterocycles. The average Bonchev–Trinajstić information content (AvgIpc) is 3.22. The number of nitrogens with one attached hydrogen (secondary N) is 1. The average molecular weight is 335 g/mol. The third kappa shape index (κ3) is 2.67. The van der Waals surface area contributed by atoms with E-state index in [9.17, 15) is 4.79 Å². The summed E-state index contributed by atoms with van der Waals surface area (Å²) < 4.78 is 0. The lowest BCUT2D eigenvalue weighted by Gasteiger charge is -2.17. The largest absolute Gasteiger partial charge is 0.337 e. The number of likely N-dealkylation sites (tertiary alicyclic amines) is 1. The van der Waals surface area contributed by atoms with Gasteiger partial charge >= 0.3 is 0 Å². The molecule has 3 nitrogen and oxygen atoms in total. The zero-order chi connectivity index (χ0) is 14.2. The van der Waals surface area contributed by atoms with E-state index in [0.717, 1.165) is 42.2 Å². The number of hydrogen-bond acceptors (Lipinski definition) is 3. The van der Waals surface area contributed by atoms with E-state index in [1.165, 1.54) is 0 Å². The highest BCUT2D eigenvalue weighted by Crippen LogP contribution is 2.32. The van der Waals surface area contributed by atoms with Crippen LogP contribution in [0.4, 0.5) is 0 Å². The molecule has 4 rings (SSSR count). The van der Waals surface area contributed by atoms with Crippen LogP contribution < -0.4 is 5.32 Å². The zero-order valence-electron chi connectivity index (χ0n) is 12.2. The second kappa shape index (κ2) is 6.41. The van der Waals surface area contributed by atoms with Crippen molar-refractivity contribution in [3.8, 4) is 11.1 Å². The standard InChI is InChI=1S/C17H18N2OS.ClH/c20-17(19-10-13-8-18-9-14(13)11-19)16-15(6-7-21-16)12-4-2-1-3-5-12;/h1-7,13-14,18H,8-11H2;1H/t13-,14+;. The molecule has 116 valence electrons. The van der Waals surface area contributed by atoms with Gasteiger partial charge in [-0.25, -0.2) is 0 Å². The van der Waals surface area contributed by atoms with Crippen molar-refractivity contribution in [2.24, 2.45) is 11.8 Å². The second-order valence-electron chi connectivity index (χ2n) is 5.92. The predicted octanol–water partition coefficient (Wildman–Crippen LogP) is 3.13. The zero-order valence-corrected chi connectivity index (χ0v) is 13.8. The number of halogens is 1. The summed E-state index contributed by atoms with van der Waals surface area (Å²) in [5, 5.41) is 5.44. The summed E-state index contributed by atoms with van der Waals surface area (Å²) in [7, 11) is 0. The molecule has 2 atom stereocenters. The first-order valence-corrected chi connectivity index (χ1v) is 8.34. The van der Waals surface area contributed by atoms with Crippen molar-refractivity contribution in [3.05, 3.63) is 46.7 Å². The van der Waals surface area contributed by atoms with E-state index in [2.05, 4.69) is 28.4 Å². The van der Waals surface area contributed by atoms with Gasteiger partial charge in [0.05, 0.1) is 4.88 Å². The normalized spacial score (nSPS) is 23.2. The molecule has 1 N–H and O–H groups in total. The molecule has 3 heterocycles. The molecular formula is C17H19ClN2OS. The van der Waals surface area contributed by atoms with Crippen molar-refractivity contribution in [2.75, 3.05) is 26.2 Å². The number of amides is 1. The number of rotatable bonds is 2. The van der Waals surface area contributed by atoms with Crippen LogP contribution in [0.15, 0.2) is 41.8 Å². The minimum Gasteiger partial charge on any atom is -0.337 e. The molecule has 0 radical (unpaired) electrons. The Kier molecular flexibility index (Phi) is 4.52. The molecule has 5 heteroatoms. The van der Waals surface area contributed by atoms with Gasteiger partial charge in [-0.15, -0.1) is 23.7 Å². The van der Waals surface area contributed by atoms with Crippen molar-refractivity contribution in [3.63, 3.8) is 0 Å². The van der Waals surface area contributed by atoms with E-state index in [1.54, 1.807) is 11.3 Å². The van der Waals surface area contributed by atoms with Gasteiger partial charge in [0.1, 0.15) is 0 Å². The minimum atomic E-state index is 0. The number of carbonyl (C=O) groups is 1. The lowest BCUT2D eigenvalue weighted by atomic mass is 10.0. The van der Waals surface area contributed by atoms with Crippen LogP contribution in [0.5, 0.6) is 0 Å². The van der Waals surface area contributed by atoms with Gasteiger partial charge in [-0.1, -0.05) is 30.3 Å².